The molecule has 1 heterocycles. The van der Waals surface area contributed by atoms with Crippen molar-refractivity contribution in [2.24, 2.45) is 0 Å². The van der Waals surface area contributed by atoms with Crippen molar-refractivity contribution in [3.05, 3.63) is 102 Å². The Hall–Kier alpha value is -3.31. The molecule has 0 aromatic heterocycles. The molecular formula is C25H21NO3S. The zero-order valence-corrected chi connectivity index (χ0v) is 17.3. The summed E-state index contributed by atoms with van der Waals surface area (Å²) in [5.74, 6) is 0.752. The lowest BCUT2D eigenvalue weighted by atomic mass is 10.1. The van der Waals surface area contributed by atoms with E-state index in [0.29, 0.717) is 5.69 Å². The molecule has 0 fully saturated rings. The van der Waals surface area contributed by atoms with Gasteiger partial charge in [0.25, 0.3) is 10.0 Å². The van der Waals surface area contributed by atoms with Crippen molar-refractivity contribution in [1.29, 1.82) is 0 Å². The molecule has 1 atom stereocenters. The van der Waals surface area contributed by atoms with Crippen LogP contribution in [0.5, 0.6) is 5.75 Å². The predicted octanol–water partition coefficient (Wildman–Crippen LogP) is 5.48. The van der Waals surface area contributed by atoms with E-state index in [1.165, 1.54) is 4.31 Å². The fourth-order valence-electron chi connectivity index (χ4n) is 3.95. The second-order valence-corrected chi connectivity index (χ2v) is 9.35. The Labute approximate surface area is 176 Å². The van der Waals surface area contributed by atoms with Gasteiger partial charge >= 0.3 is 0 Å². The maximum Gasteiger partial charge on any atom is 0.264 e. The molecule has 4 nitrogen and oxygen atoms in total. The van der Waals surface area contributed by atoms with Crippen molar-refractivity contribution >= 4 is 26.5 Å². The number of hydrogen-bond acceptors (Lipinski definition) is 3. The van der Waals surface area contributed by atoms with E-state index in [1.807, 2.05) is 85.8 Å². The highest BCUT2D eigenvalue weighted by Gasteiger charge is 2.37. The first-order valence-corrected chi connectivity index (χ1v) is 11.3. The van der Waals surface area contributed by atoms with Crippen LogP contribution in [0, 0.1) is 6.92 Å². The molecule has 0 radical (unpaired) electrons. The SMILES string of the molecule is Cc1ccc(S(=O)(=O)N2CC(Oc3cccc4ccccc34)c3ccccc32)cc1. The zero-order valence-electron chi connectivity index (χ0n) is 16.5. The van der Waals surface area contributed by atoms with Crippen LogP contribution >= 0.6 is 0 Å². The van der Waals surface area contributed by atoms with E-state index < -0.39 is 10.0 Å². The van der Waals surface area contributed by atoms with Crippen molar-refractivity contribution in [3.63, 3.8) is 0 Å². The Balaban J connectivity index is 1.54. The second-order valence-electron chi connectivity index (χ2n) is 7.49. The Morgan fingerprint density at radius 1 is 0.833 bits per heavy atom. The molecule has 4 aromatic rings. The molecular weight excluding hydrogens is 394 g/mol. The van der Waals surface area contributed by atoms with Gasteiger partial charge in [-0.15, -0.1) is 0 Å². The number of para-hydroxylation sites is 1. The number of rotatable bonds is 4. The van der Waals surface area contributed by atoms with Gasteiger partial charge in [-0.25, -0.2) is 8.42 Å². The van der Waals surface area contributed by atoms with Crippen LogP contribution in [0.2, 0.25) is 0 Å². The third kappa shape index (κ3) is 3.12. The quantitative estimate of drug-likeness (QED) is 0.444. The van der Waals surface area contributed by atoms with Gasteiger partial charge in [0.2, 0.25) is 0 Å². The van der Waals surface area contributed by atoms with Gasteiger partial charge in [-0.05, 0) is 36.6 Å². The van der Waals surface area contributed by atoms with Crippen molar-refractivity contribution < 1.29 is 13.2 Å². The molecule has 0 saturated heterocycles. The molecule has 0 N–H and O–H groups in total. The molecule has 1 aliphatic heterocycles. The van der Waals surface area contributed by atoms with Gasteiger partial charge in [0.05, 0.1) is 17.1 Å². The van der Waals surface area contributed by atoms with Crippen LogP contribution in [0.3, 0.4) is 0 Å². The standard InChI is InChI=1S/C25H21NO3S/c1-18-13-15-20(16-14-18)30(27,28)26-17-25(22-10-4-5-11-23(22)26)29-24-12-6-8-19-7-2-3-9-21(19)24/h2-16,25H,17H2,1H3. The van der Waals surface area contributed by atoms with Crippen LogP contribution in [0.1, 0.15) is 17.2 Å². The number of benzene rings is 4. The molecule has 30 heavy (non-hydrogen) atoms. The minimum Gasteiger partial charge on any atom is -0.483 e. The van der Waals surface area contributed by atoms with E-state index in [-0.39, 0.29) is 17.5 Å². The molecule has 150 valence electrons. The topological polar surface area (TPSA) is 46.6 Å². The van der Waals surface area contributed by atoms with Crippen LogP contribution in [-0.4, -0.2) is 15.0 Å². The largest absolute Gasteiger partial charge is 0.483 e. The van der Waals surface area contributed by atoms with E-state index in [1.54, 1.807) is 12.1 Å². The maximum atomic E-state index is 13.4. The molecule has 5 heteroatoms. The predicted molar refractivity (Wildman–Crippen MR) is 119 cm³/mol. The Bertz CT molecular complexity index is 1320. The normalized spacial score (nSPS) is 15.9. The van der Waals surface area contributed by atoms with Crippen LogP contribution < -0.4 is 9.04 Å². The van der Waals surface area contributed by atoms with E-state index >= 15 is 0 Å². The first-order chi connectivity index (χ1) is 14.5. The molecule has 0 spiro atoms. The Morgan fingerprint density at radius 3 is 2.37 bits per heavy atom. The van der Waals surface area contributed by atoms with Gasteiger partial charge in [0, 0.05) is 10.9 Å². The van der Waals surface area contributed by atoms with Crippen LogP contribution in [0.15, 0.2) is 95.9 Å². The lowest BCUT2D eigenvalue weighted by Crippen LogP contribution is -2.30. The number of hydrogen-bond donors (Lipinski definition) is 0. The highest BCUT2D eigenvalue weighted by Crippen LogP contribution is 2.41. The number of ether oxygens (including phenoxy) is 1. The summed E-state index contributed by atoms with van der Waals surface area (Å²) in [7, 11) is -3.68. The minimum atomic E-state index is -3.68. The van der Waals surface area contributed by atoms with Gasteiger partial charge < -0.3 is 4.74 Å². The lowest BCUT2D eigenvalue weighted by molar-refractivity contribution is 0.227. The highest BCUT2D eigenvalue weighted by atomic mass is 32.2. The zero-order chi connectivity index (χ0) is 20.7. The molecule has 0 aliphatic carbocycles. The second kappa shape index (κ2) is 7.18. The summed E-state index contributed by atoms with van der Waals surface area (Å²) in [6, 6.07) is 28.5. The van der Waals surface area contributed by atoms with Gasteiger partial charge in [-0.2, -0.15) is 0 Å². The van der Waals surface area contributed by atoms with Crippen molar-refractivity contribution in [2.45, 2.75) is 17.9 Å². The first-order valence-electron chi connectivity index (χ1n) is 9.87. The Kier molecular flexibility index (Phi) is 4.48. The molecule has 0 amide bonds. The van der Waals surface area contributed by atoms with Crippen molar-refractivity contribution in [1.82, 2.24) is 0 Å². The van der Waals surface area contributed by atoms with Crippen LogP contribution in [-0.2, 0) is 10.0 Å². The van der Waals surface area contributed by atoms with Crippen molar-refractivity contribution in [2.75, 3.05) is 10.8 Å². The summed E-state index contributed by atoms with van der Waals surface area (Å²) in [5, 5.41) is 2.10. The summed E-state index contributed by atoms with van der Waals surface area (Å²) in [5.41, 5.74) is 2.57. The third-order valence-corrected chi connectivity index (χ3v) is 7.31. The van der Waals surface area contributed by atoms with E-state index in [4.69, 9.17) is 4.74 Å². The minimum absolute atomic E-state index is 0.235. The summed E-state index contributed by atoms with van der Waals surface area (Å²) >= 11 is 0. The highest BCUT2D eigenvalue weighted by molar-refractivity contribution is 7.92. The van der Waals surface area contributed by atoms with Gasteiger partial charge in [0.15, 0.2) is 0 Å². The van der Waals surface area contributed by atoms with E-state index in [9.17, 15) is 8.42 Å². The molecule has 1 aliphatic rings. The molecule has 1 unspecified atom stereocenters. The van der Waals surface area contributed by atoms with Gasteiger partial charge in [0.1, 0.15) is 11.9 Å². The average Bonchev–Trinajstić information content (AvgIpc) is 3.14. The van der Waals surface area contributed by atoms with Crippen LogP contribution in [0.4, 0.5) is 5.69 Å². The Morgan fingerprint density at radius 2 is 1.53 bits per heavy atom. The average molecular weight is 416 g/mol. The molecule has 5 rings (SSSR count). The summed E-state index contributed by atoms with van der Waals surface area (Å²) < 4.78 is 34.6. The summed E-state index contributed by atoms with van der Waals surface area (Å²) in [6.45, 7) is 2.17. The van der Waals surface area contributed by atoms with Gasteiger partial charge in [-0.3, -0.25) is 4.31 Å². The number of sulfonamides is 1. The third-order valence-electron chi connectivity index (χ3n) is 5.51. The van der Waals surface area contributed by atoms with E-state index in [2.05, 4.69) is 0 Å². The monoisotopic (exact) mass is 415 g/mol. The molecule has 0 bridgehead atoms. The van der Waals surface area contributed by atoms with Crippen LogP contribution in [0.25, 0.3) is 10.8 Å². The lowest BCUT2D eigenvalue weighted by Gasteiger charge is -2.20. The fourth-order valence-corrected chi connectivity index (χ4v) is 5.44. The number of fused-ring (bicyclic) bond motifs is 2. The summed E-state index contributed by atoms with van der Waals surface area (Å²) in [4.78, 5) is 0.286. The summed E-state index contributed by atoms with van der Waals surface area (Å²) in [6.07, 6.45) is -0.382. The van der Waals surface area contributed by atoms with E-state index in [0.717, 1.165) is 27.6 Å². The fraction of sp³-hybridized carbons (Fsp3) is 0.120. The number of anilines is 1. The first kappa shape index (κ1) is 18.7. The molecule has 4 aromatic carbocycles. The molecule has 0 saturated carbocycles. The van der Waals surface area contributed by atoms with Gasteiger partial charge in [-0.1, -0.05) is 72.3 Å². The van der Waals surface area contributed by atoms with Crippen molar-refractivity contribution in [3.8, 4) is 5.75 Å². The maximum absolute atomic E-state index is 13.4. The smallest absolute Gasteiger partial charge is 0.264 e. The number of nitrogens with zero attached hydrogens (tertiary/aromatic N) is 1. The number of aryl methyl sites for hydroxylation is 1.